The number of carbonyl (C=O) groups excluding carboxylic acids is 1. The van der Waals surface area contributed by atoms with Crippen LogP contribution in [0.3, 0.4) is 0 Å². The fourth-order valence-corrected chi connectivity index (χ4v) is 2.90. The highest BCUT2D eigenvalue weighted by atomic mass is 16.5. The summed E-state index contributed by atoms with van der Waals surface area (Å²) in [5, 5.41) is 0. The van der Waals surface area contributed by atoms with E-state index in [9.17, 15) is 4.79 Å². The van der Waals surface area contributed by atoms with Gasteiger partial charge in [0.05, 0.1) is 12.7 Å². The number of rotatable bonds is 4. The number of ether oxygens (including phenoxy) is 1. The Kier molecular flexibility index (Phi) is 5.55. The van der Waals surface area contributed by atoms with Crippen LogP contribution < -0.4 is 4.74 Å². The monoisotopic (exact) mass is 341 g/mol. The number of methoxy groups -OCH3 is 1. The summed E-state index contributed by atoms with van der Waals surface area (Å²) in [6, 6.07) is 4.10. The van der Waals surface area contributed by atoms with Crippen LogP contribution in [0.1, 0.15) is 28.0 Å². The molecule has 0 atom stereocenters. The minimum atomic E-state index is 0.0575. The van der Waals surface area contributed by atoms with E-state index in [1.807, 2.05) is 24.0 Å². The first-order valence-electron chi connectivity index (χ1n) is 8.45. The SMILES string of the molecule is COc1ncc(CN2CCCN(C(=O)c3ccc(C)nc3)CC2)cn1. The van der Waals surface area contributed by atoms with Gasteiger partial charge in [0.25, 0.3) is 5.91 Å². The smallest absolute Gasteiger partial charge is 0.316 e. The minimum Gasteiger partial charge on any atom is -0.467 e. The van der Waals surface area contributed by atoms with Crippen LogP contribution >= 0.6 is 0 Å². The highest BCUT2D eigenvalue weighted by Crippen LogP contribution is 2.12. The highest BCUT2D eigenvalue weighted by molar-refractivity contribution is 5.93. The van der Waals surface area contributed by atoms with Crippen molar-refractivity contribution < 1.29 is 9.53 Å². The van der Waals surface area contributed by atoms with E-state index in [0.29, 0.717) is 18.1 Å². The largest absolute Gasteiger partial charge is 0.467 e. The predicted molar refractivity (Wildman–Crippen MR) is 93.4 cm³/mol. The zero-order valence-electron chi connectivity index (χ0n) is 14.7. The Morgan fingerprint density at radius 1 is 1.08 bits per heavy atom. The van der Waals surface area contributed by atoms with Gasteiger partial charge in [-0.2, -0.15) is 0 Å². The topological polar surface area (TPSA) is 71.5 Å². The Balaban J connectivity index is 1.57. The van der Waals surface area contributed by atoms with E-state index in [2.05, 4.69) is 19.9 Å². The first-order valence-corrected chi connectivity index (χ1v) is 8.45. The molecule has 1 aliphatic rings. The summed E-state index contributed by atoms with van der Waals surface area (Å²) in [5.41, 5.74) is 2.62. The summed E-state index contributed by atoms with van der Waals surface area (Å²) in [6.45, 7) is 5.95. The third kappa shape index (κ3) is 4.51. The Hall–Kier alpha value is -2.54. The molecule has 0 spiro atoms. The number of hydrogen-bond donors (Lipinski definition) is 0. The van der Waals surface area contributed by atoms with E-state index < -0.39 is 0 Å². The standard InChI is InChI=1S/C18H23N5O2/c1-14-4-5-16(12-19-14)17(24)23-7-3-6-22(8-9-23)13-15-10-20-18(25-2)21-11-15/h4-5,10-12H,3,6-9,13H2,1-2H3. The number of aryl methyl sites for hydroxylation is 1. The molecule has 25 heavy (non-hydrogen) atoms. The van der Waals surface area contributed by atoms with Gasteiger partial charge in [-0.1, -0.05) is 0 Å². The molecule has 2 aromatic heterocycles. The first-order chi connectivity index (χ1) is 12.2. The van der Waals surface area contributed by atoms with E-state index in [1.165, 1.54) is 0 Å². The van der Waals surface area contributed by atoms with Crippen molar-refractivity contribution in [3.8, 4) is 6.01 Å². The van der Waals surface area contributed by atoms with Crippen molar-refractivity contribution in [3.05, 3.63) is 47.5 Å². The van der Waals surface area contributed by atoms with Gasteiger partial charge in [0.2, 0.25) is 0 Å². The average Bonchev–Trinajstić information content (AvgIpc) is 2.88. The van der Waals surface area contributed by atoms with E-state index in [4.69, 9.17) is 4.74 Å². The number of hydrogen-bond acceptors (Lipinski definition) is 6. The van der Waals surface area contributed by atoms with Crippen LogP contribution in [0.2, 0.25) is 0 Å². The molecule has 3 rings (SSSR count). The van der Waals surface area contributed by atoms with Gasteiger partial charge in [-0.25, -0.2) is 9.97 Å². The molecule has 1 amide bonds. The van der Waals surface area contributed by atoms with E-state index >= 15 is 0 Å². The lowest BCUT2D eigenvalue weighted by Crippen LogP contribution is -2.35. The predicted octanol–water partition coefficient (Wildman–Crippen LogP) is 1.54. The molecule has 0 aliphatic carbocycles. The molecule has 132 valence electrons. The molecule has 0 bridgehead atoms. The van der Waals surface area contributed by atoms with Crippen molar-refractivity contribution in [3.63, 3.8) is 0 Å². The molecule has 7 heteroatoms. The molecule has 0 radical (unpaired) electrons. The molecular formula is C18H23N5O2. The lowest BCUT2D eigenvalue weighted by molar-refractivity contribution is 0.0760. The van der Waals surface area contributed by atoms with E-state index in [-0.39, 0.29) is 5.91 Å². The van der Waals surface area contributed by atoms with Crippen LogP contribution in [-0.4, -0.2) is 63.9 Å². The van der Waals surface area contributed by atoms with Crippen molar-refractivity contribution in [2.24, 2.45) is 0 Å². The van der Waals surface area contributed by atoms with Gasteiger partial charge < -0.3 is 9.64 Å². The normalized spacial score (nSPS) is 15.7. The van der Waals surface area contributed by atoms with Crippen LogP contribution in [0.5, 0.6) is 6.01 Å². The molecule has 1 saturated heterocycles. The van der Waals surface area contributed by atoms with Gasteiger partial charge in [-0.3, -0.25) is 14.7 Å². The summed E-state index contributed by atoms with van der Waals surface area (Å²) in [5.74, 6) is 0.0575. The molecule has 1 fully saturated rings. The number of aromatic nitrogens is 3. The highest BCUT2D eigenvalue weighted by Gasteiger charge is 2.20. The van der Waals surface area contributed by atoms with Gasteiger partial charge in [0.15, 0.2) is 0 Å². The summed E-state index contributed by atoms with van der Waals surface area (Å²) < 4.78 is 4.98. The molecule has 0 saturated carbocycles. The second kappa shape index (κ2) is 8.02. The van der Waals surface area contributed by atoms with Gasteiger partial charge >= 0.3 is 6.01 Å². The van der Waals surface area contributed by atoms with E-state index in [0.717, 1.165) is 43.9 Å². The molecule has 3 heterocycles. The van der Waals surface area contributed by atoms with Crippen LogP contribution in [0.15, 0.2) is 30.7 Å². The second-order valence-electron chi connectivity index (χ2n) is 6.19. The van der Waals surface area contributed by atoms with Gasteiger partial charge in [0.1, 0.15) is 0 Å². The number of carbonyl (C=O) groups is 1. The van der Waals surface area contributed by atoms with Crippen molar-refractivity contribution in [1.82, 2.24) is 24.8 Å². The Labute approximate surface area is 147 Å². The third-order valence-electron chi connectivity index (χ3n) is 4.30. The average molecular weight is 341 g/mol. The molecule has 0 N–H and O–H groups in total. The first kappa shape index (κ1) is 17.3. The van der Waals surface area contributed by atoms with Crippen LogP contribution in [0.4, 0.5) is 0 Å². The fourth-order valence-electron chi connectivity index (χ4n) is 2.90. The quantitative estimate of drug-likeness (QED) is 0.840. The maximum Gasteiger partial charge on any atom is 0.316 e. The van der Waals surface area contributed by atoms with Crippen molar-refractivity contribution in [2.75, 3.05) is 33.3 Å². The Morgan fingerprint density at radius 3 is 2.56 bits per heavy atom. The van der Waals surface area contributed by atoms with Crippen LogP contribution in [0, 0.1) is 6.92 Å². The van der Waals surface area contributed by atoms with Gasteiger partial charge in [-0.05, 0) is 25.5 Å². The van der Waals surface area contributed by atoms with Crippen LogP contribution in [0.25, 0.3) is 0 Å². The fraction of sp³-hybridized carbons (Fsp3) is 0.444. The summed E-state index contributed by atoms with van der Waals surface area (Å²) in [4.78, 5) is 29.4. The summed E-state index contributed by atoms with van der Waals surface area (Å²) >= 11 is 0. The number of nitrogens with zero attached hydrogens (tertiary/aromatic N) is 5. The number of amides is 1. The second-order valence-corrected chi connectivity index (χ2v) is 6.19. The maximum atomic E-state index is 12.6. The molecule has 0 aromatic carbocycles. The third-order valence-corrected chi connectivity index (χ3v) is 4.30. The molecule has 7 nitrogen and oxygen atoms in total. The van der Waals surface area contributed by atoms with Gasteiger partial charge in [0, 0.05) is 62.6 Å². The van der Waals surface area contributed by atoms with Crippen LogP contribution in [-0.2, 0) is 6.54 Å². The number of pyridine rings is 1. The Morgan fingerprint density at radius 2 is 1.88 bits per heavy atom. The molecule has 1 aliphatic heterocycles. The Bertz CT molecular complexity index is 702. The maximum absolute atomic E-state index is 12.6. The summed E-state index contributed by atoms with van der Waals surface area (Å²) in [6.07, 6.45) is 6.19. The zero-order valence-corrected chi connectivity index (χ0v) is 14.7. The zero-order chi connectivity index (χ0) is 17.6. The molecule has 2 aromatic rings. The minimum absolute atomic E-state index is 0.0575. The van der Waals surface area contributed by atoms with E-state index in [1.54, 1.807) is 25.7 Å². The van der Waals surface area contributed by atoms with Crippen molar-refractivity contribution in [2.45, 2.75) is 19.9 Å². The molecular weight excluding hydrogens is 318 g/mol. The molecule has 0 unspecified atom stereocenters. The van der Waals surface area contributed by atoms with Crippen molar-refractivity contribution >= 4 is 5.91 Å². The van der Waals surface area contributed by atoms with Crippen molar-refractivity contribution in [1.29, 1.82) is 0 Å². The van der Waals surface area contributed by atoms with Gasteiger partial charge in [-0.15, -0.1) is 0 Å². The lowest BCUT2D eigenvalue weighted by atomic mass is 10.2. The summed E-state index contributed by atoms with van der Waals surface area (Å²) in [7, 11) is 1.55. The lowest BCUT2D eigenvalue weighted by Gasteiger charge is -2.22.